The number of esters is 1. The van der Waals surface area contributed by atoms with Gasteiger partial charge in [0.05, 0.1) is 30.2 Å². The zero-order chi connectivity index (χ0) is 21.8. The molecule has 2 fully saturated rings. The standard InChI is InChI=1S/C23H21NO5S2/c1-27-19-12-15(9-10-18(19)29-22(26)16-6-3-2-4-7-16)13-20-21(25)24(23(30)31-20)14-17-8-5-11-28-17/h2-4,6-7,9-10,12-13,17H,5,8,11,14H2,1H3. The third kappa shape index (κ3) is 4.98. The molecule has 2 aliphatic heterocycles. The molecule has 1 unspecified atom stereocenters. The number of methoxy groups -OCH3 is 1. The summed E-state index contributed by atoms with van der Waals surface area (Å²) < 4.78 is 17.0. The maximum absolute atomic E-state index is 12.8. The fourth-order valence-electron chi connectivity index (χ4n) is 3.39. The number of hydrogen-bond donors (Lipinski definition) is 0. The number of ether oxygens (including phenoxy) is 3. The van der Waals surface area contributed by atoms with Gasteiger partial charge in [-0.15, -0.1) is 0 Å². The van der Waals surface area contributed by atoms with Crippen LogP contribution in [0.3, 0.4) is 0 Å². The highest BCUT2D eigenvalue weighted by Gasteiger charge is 2.34. The largest absolute Gasteiger partial charge is 0.493 e. The molecule has 1 atom stereocenters. The van der Waals surface area contributed by atoms with Gasteiger partial charge in [-0.25, -0.2) is 4.79 Å². The zero-order valence-electron chi connectivity index (χ0n) is 16.9. The second-order valence-electron chi connectivity index (χ2n) is 7.09. The molecule has 0 radical (unpaired) electrons. The molecule has 0 spiro atoms. The summed E-state index contributed by atoms with van der Waals surface area (Å²) in [7, 11) is 1.50. The van der Waals surface area contributed by atoms with E-state index in [-0.39, 0.29) is 12.0 Å². The average Bonchev–Trinajstić information content (AvgIpc) is 3.39. The van der Waals surface area contributed by atoms with Crippen molar-refractivity contribution in [1.29, 1.82) is 0 Å². The molecule has 0 aliphatic carbocycles. The van der Waals surface area contributed by atoms with Crippen molar-refractivity contribution in [1.82, 2.24) is 4.90 Å². The van der Waals surface area contributed by atoms with Gasteiger partial charge in [0.1, 0.15) is 4.32 Å². The van der Waals surface area contributed by atoms with Crippen molar-refractivity contribution in [2.45, 2.75) is 18.9 Å². The van der Waals surface area contributed by atoms with Crippen molar-refractivity contribution in [3.8, 4) is 11.5 Å². The maximum Gasteiger partial charge on any atom is 0.343 e. The highest BCUT2D eigenvalue weighted by Crippen LogP contribution is 2.35. The summed E-state index contributed by atoms with van der Waals surface area (Å²) in [5.74, 6) is 0.109. The lowest BCUT2D eigenvalue weighted by molar-refractivity contribution is -0.123. The quantitative estimate of drug-likeness (QED) is 0.279. The smallest absolute Gasteiger partial charge is 0.343 e. The van der Waals surface area contributed by atoms with E-state index in [1.807, 2.05) is 6.07 Å². The first-order chi connectivity index (χ1) is 15.0. The highest BCUT2D eigenvalue weighted by molar-refractivity contribution is 8.26. The van der Waals surface area contributed by atoms with Crippen molar-refractivity contribution in [2.24, 2.45) is 0 Å². The fourth-order valence-corrected chi connectivity index (χ4v) is 4.67. The Balaban J connectivity index is 1.49. The van der Waals surface area contributed by atoms with E-state index < -0.39 is 5.97 Å². The number of thioether (sulfide) groups is 1. The second-order valence-corrected chi connectivity index (χ2v) is 8.77. The summed E-state index contributed by atoms with van der Waals surface area (Å²) in [5.41, 5.74) is 1.19. The minimum Gasteiger partial charge on any atom is -0.493 e. The lowest BCUT2D eigenvalue weighted by Crippen LogP contribution is -2.35. The lowest BCUT2D eigenvalue weighted by atomic mass is 10.1. The maximum atomic E-state index is 12.8. The first-order valence-electron chi connectivity index (χ1n) is 9.87. The third-order valence-electron chi connectivity index (χ3n) is 4.98. The van der Waals surface area contributed by atoms with Gasteiger partial charge in [-0.2, -0.15) is 0 Å². The van der Waals surface area contributed by atoms with Crippen LogP contribution in [0.4, 0.5) is 0 Å². The van der Waals surface area contributed by atoms with E-state index in [0.717, 1.165) is 25.0 Å². The molecule has 8 heteroatoms. The summed E-state index contributed by atoms with van der Waals surface area (Å²) in [6.07, 6.45) is 3.76. The summed E-state index contributed by atoms with van der Waals surface area (Å²) in [6, 6.07) is 13.9. The fraction of sp³-hybridized carbons (Fsp3) is 0.261. The number of rotatable bonds is 6. The van der Waals surface area contributed by atoms with Crippen LogP contribution in [0.1, 0.15) is 28.8 Å². The Hall–Kier alpha value is -2.68. The number of carbonyl (C=O) groups excluding carboxylic acids is 2. The van der Waals surface area contributed by atoms with E-state index >= 15 is 0 Å². The molecule has 2 saturated heterocycles. The number of hydrogen-bond acceptors (Lipinski definition) is 7. The molecule has 0 N–H and O–H groups in total. The Morgan fingerprint density at radius 1 is 1.26 bits per heavy atom. The SMILES string of the molecule is COc1cc(C=C2SC(=S)N(CC3CCCO3)C2=O)ccc1OC(=O)c1ccccc1. The van der Waals surface area contributed by atoms with Crippen LogP contribution in [0.25, 0.3) is 6.08 Å². The lowest BCUT2D eigenvalue weighted by Gasteiger charge is -2.18. The van der Waals surface area contributed by atoms with E-state index in [2.05, 4.69) is 0 Å². The third-order valence-corrected chi connectivity index (χ3v) is 6.36. The number of thiocarbonyl (C=S) groups is 1. The van der Waals surface area contributed by atoms with Crippen LogP contribution < -0.4 is 9.47 Å². The minimum atomic E-state index is -0.471. The Bertz CT molecular complexity index is 1030. The van der Waals surface area contributed by atoms with Gasteiger partial charge >= 0.3 is 5.97 Å². The minimum absolute atomic E-state index is 0.0422. The van der Waals surface area contributed by atoms with Crippen LogP contribution in [0.2, 0.25) is 0 Å². The summed E-state index contributed by atoms with van der Waals surface area (Å²) >= 11 is 6.67. The normalized spacial score (nSPS) is 19.8. The summed E-state index contributed by atoms with van der Waals surface area (Å²) in [5, 5.41) is 0. The molecule has 31 heavy (non-hydrogen) atoms. The van der Waals surface area contributed by atoms with E-state index in [0.29, 0.717) is 32.8 Å². The van der Waals surface area contributed by atoms with Crippen molar-refractivity contribution >= 4 is 46.3 Å². The van der Waals surface area contributed by atoms with Crippen molar-refractivity contribution in [3.05, 3.63) is 64.6 Å². The number of nitrogens with zero attached hydrogens (tertiary/aromatic N) is 1. The van der Waals surface area contributed by atoms with Crippen molar-refractivity contribution < 1.29 is 23.8 Å². The molecule has 0 bridgehead atoms. The highest BCUT2D eigenvalue weighted by atomic mass is 32.2. The Morgan fingerprint density at radius 2 is 2.06 bits per heavy atom. The van der Waals surface area contributed by atoms with Crippen LogP contribution in [-0.2, 0) is 9.53 Å². The monoisotopic (exact) mass is 455 g/mol. The molecule has 0 aromatic heterocycles. The van der Waals surface area contributed by atoms with E-state index in [1.165, 1.54) is 18.9 Å². The Morgan fingerprint density at radius 3 is 2.77 bits per heavy atom. The van der Waals surface area contributed by atoms with Gasteiger partial charge in [0.15, 0.2) is 11.5 Å². The molecule has 2 aliphatic rings. The molecule has 1 amide bonds. The molecule has 6 nitrogen and oxygen atoms in total. The van der Waals surface area contributed by atoms with Crippen molar-refractivity contribution in [2.75, 3.05) is 20.3 Å². The molecular weight excluding hydrogens is 434 g/mol. The van der Waals surface area contributed by atoms with Gasteiger partial charge in [-0.1, -0.05) is 48.2 Å². The zero-order valence-corrected chi connectivity index (χ0v) is 18.5. The molecule has 2 aromatic carbocycles. The number of amides is 1. The molecule has 2 heterocycles. The first kappa shape index (κ1) is 21.5. The number of benzene rings is 2. The molecule has 4 rings (SSSR count). The predicted octanol–water partition coefficient (Wildman–Crippen LogP) is 4.29. The molecular formula is C23H21NO5S2. The van der Waals surface area contributed by atoms with Crippen LogP contribution in [0.5, 0.6) is 11.5 Å². The van der Waals surface area contributed by atoms with Gasteiger partial charge in [-0.3, -0.25) is 9.69 Å². The Kier molecular flexibility index (Phi) is 6.70. The van der Waals surface area contributed by atoms with Gasteiger partial charge in [0.2, 0.25) is 0 Å². The van der Waals surface area contributed by atoms with Crippen LogP contribution >= 0.6 is 24.0 Å². The van der Waals surface area contributed by atoms with Crippen molar-refractivity contribution in [3.63, 3.8) is 0 Å². The van der Waals surface area contributed by atoms with Crippen LogP contribution in [0, 0.1) is 0 Å². The van der Waals surface area contributed by atoms with E-state index in [9.17, 15) is 9.59 Å². The van der Waals surface area contributed by atoms with Crippen LogP contribution in [-0.4, -0.2) is 47.5 Å². The van der Waals surface area contributed by atoms with Gasteiger partial charge in [-0.05, 0) is 48.7 Å². The molecule has 0 saturated carbocycles. The second kappa shape index (κ2) is 9.64. The van der Waals surface area contributed by atoms with E-state index in [1.54, 1.807) is 53.4 Å². The summed E-state index contributed by atoms with van der Waals surface area (Å²) in [4.78, 5) is 27.3. The van der Waals surface area contributed by atoms with Crippen LogP contribution in [0.15, 0.2) is 53.4 Å². The Labute approximate surface area is 190 Å². The average molecular weight is 456 g/mol. The topological polar surface area (TPSA) is 65.1 Å². The molecule has 2 aromatic rings. The number of carbonyl (C=O) groups is 2. The molecule has 160 valence electrons. The van der Waals surface area contributed by atoms with E-state index in [4.69, 9.17) is 26.4 Å². The van der Waals surface area contributed by atoms with Gasteiger partial charge in [0.25, 0.3) is 5.91 Å². The first-order valence-corrected chi connectivity index (χ1v) is 11.1. The summed E-state index contributed by atoms with van der Waals surface area (Å²) in [6.45, 7) is 1.22. The van der Waals surface area contributed by atoms with Gasteiger partial charge < -0.3 is 14.2 Å². The predicted molar refractivity (Wildman–Crippen MR) is 123 cm³/mol. The van der Waals surface area contributed by atoms with Gasteiger partial charge in [0, 0.05) is 6.61 Å².